The van der Waals surface area contributed by atoms with Crippen LogP contribution in [0.1, 0.15) is 29.8 Å². The number of ether oxygens (including phenoxy) is 1. The first kappa shape index (κ1) is 20.8. The van der Waals surface area contributed by atoms with Crippen LogP contribution in [0.4, 0.5) is 5.69 Å². The molecule has 0 aliphatic heterocycles. The average Bonchev–Trinajstić information content (AvgIpc) is 2.61. The molecular weight excluding hydrogens is 364 g/mol. The summed E-state index contributed by atoms with van der Waals surface area (Å²) in [6.07, 6.45) is 1.16. The monoisotopic (exact) mass is 390 g/mol. The Morgan fingerprint density at radius 3 is 2.33 bits per heavy atom. The molecule has 2 rings (SSSR count). The Bertz CT molecular complexity index is 879. The highest BCUT2D eigenvalue weighted by atomic mass is 32.2. The van der Waals surface area contributed by atoms with Gasteiger partial charge in [0.25, 0.3) is 5.91 Å². The molecule has 0 saturated heterocycles. The number of para-hydroxylation sites is 1. The summed E-state index contributed by atoms with van der Waals surface area (Å²) >= 11 is 0. The van der Waals surface area contributed by atoms with Crippen LogP contribution in [0.2, 0.25) is 0 Å². The minimum absolute atomic E-state index is 0.181. The van der Waals surface area contributed by atoms with Crippen LogP contribution in [0.5, 0.6) is 5.75 Å². The number of carbonyl (C=O) groups is 1. The molecule has 1 amide bonds. The van der Waals surface area contributed by atoms with Crippen molar-refractivity contribution in [3.05, 3.63) is 59.7 Å². The van der Waals surface area contributed by atoms with Gasteiger partial charge < -0.3 is 10.1 Å². The largest absolute Gasteiger partial charge is 0.491 e. The predicted molar refractivity (Wildman–Crippen MR) is 108 cm³/mol. The van der Waals surface area contributed by atoms with E-state index in [1.54, 1.807) is 31.2 Å². The third-order valence-electron chi connectivity index (χ3n) is 4.06. The fourth-order valence-corrected chi connectivity index (χ4v) is 3.64. The summed E-state index contributed by atoms with van der Waals surface area (Å²) in [6, 6.07) is 14.0. The van der Waals surface area contributed by atoms with Crippen LogP contribution >= 0.6 is 0 Å². The summed E-state index contributed by atoms with van der Waals surface area (Å²) in [5, 5.41) is 2.88. The maximum absolute atomic E-state index is 12.4. The number of sulfonamides is 1. The van der Waals surface area contributed by atoms with Crippen molar-refractivity contribution in [2.45, 2.75) is 26.8 Å². The van der Waals surface area contributed by atoms with Crippen LogP contribution in [-0.4, -0.2) is 39.8 Å². The van der Waals surface area contributed by atoms with E-state index in [-0.39, 0.29) is 11.9 Å². The van der Waals surface area contributed by atoms with Gasteiger partial charge in [-0.15, -0.1) is 0 Å². The third-order valence-corrected chi connectivity index (χ3v) is 5.33. The maximum atomic E-state index is 12.4. The predicted octanol–water partition coefficient (Wildman–Crippen LogP) is 2.98. The highest BCUT2D eigenvalue weighted by molar-refractivity contribution is 7.92. The highest BCUT2D eigenvalue weighted by Gasteiger charge is 2.16. The van der Waals surface area contributed by atoms with Crippen molar-refractivity contribution in [1.29, 1.82) is 0 Å². The first-order chi connectivity index (χ1) is 12.7. The smallest absolute Gasteiger partial charge is 0.251 e. The van der Waals surface area contributed by atoms with Crippen LogP contribution in [-0.2, 0) is 10.0 Å². The van der Waals surface area contributed by atoms with Crippen molar-refractivity contribution in [2.24, 2.45) is 0 Å². The normalized spacial score (nSPS) is 12.3. The summed E-state index contributed by atoms with van der Waals surface area (Å²) in [7, 11) is -3.34. The van der Waals surface area contributed by atoms with Gasteiger partial charge in [0.1, 0.15) is 12.4 Å². The van der Waals surface area contributed by atoms with Crippen molar-refractivity contribution in [3.63, 3.8) is 0 Å². The van der Waals surface area contributed by atoms with Gasteiger partial charge in [-0.2, -0.15) is 0 Å². The number of amides is 1. The van der Waals surface area contributed by atoms with Crippen molar-refractivity contribution in [3.8, 4) is 5.75 Å². The second kappa shape index (κ2) is 8.90. The van der Waals surface area contributed by atoms with Gasteiger partial charge in [0.2, 0.25) is 10.0 Å². The van der Waals surface area contributed by atoms with E-state index in [9.17, 15) is 13.2 Å². The number of aryl methyl sites for hydroxylation is 1. The lowest BCUT2D eigenvalue weighted by atomic mass is 10.2. The fourth-order valence-electron chi connectivity index (χ4n) is 2.67. The molecule has 7 heteroatoms. The molecule has 0 aromatic heterocycles. The number of hydrogen-bond acceptors (Lipinski definition) is 4. The second-order valence-electron chi connectivity index (χ2n) is 6.43. The molecule has 0 spiro atoms. The molecule has 1 atom stereocenters. The van der Waals surface area contributed by atoms with E-state index in [0.29, 0.717) is 24.4 Å². The van der Waals surface area contributed by atoms with Crippen LogP contribution in [0, 0.1) is 6.92 Å². The summed E-state index contributed by atoms with van der Waals surface area (Å²) in [4.78, 5) is 12.4. The molecule has 146 valence electrons. The lowest BCUT2D eigenvalue weighted by Gasteiger charge is -2.20. The zero-order valence-electron chi connectivity index (χ0n) is 16.1. The maximum Gasteiger partial charge on any atom is 0.251 e. The zero-order chi connectivity index (χ0) is 20.0. The molecule has 2 aromatic rings. The molecule has 0 aliphatic carbocycles. The first-order valence-corrected chi connectivity index (χ1v) is 10.6. The summed E-state index contributed by atoms with van der Waals surface area (Å²) in [5.41, 5.74) is 2.04. The van der Waals surface area contributed by atoms with Gasteiger partial charge in [0.05, 0.1) is 18.0 Å². The lowest BCUT2D eigenvalue weighted by Crippen LogP contribution is -2.36. The SMILES string of the molecule is CCN(c1ccc(C(=O)N[C@@H](C)COc2ccccc2C)cc1)S(C)(=O)=O. The van der Waals surface area contributed by atoms with E-state index in [4.69, 9.17) is 4.74 Å². The molecule has 0 unspecified atom stereocenters. The molecule has 0 bridgehead atoms. The Kier molecular flexibility index (Phi) is 6.85. The van der Waals surface area contributed by atoms with Crippen LogP contribution in [0.25, 0.3) is 0 Å². The van der Waals surface area contributed by atoms with Crippen LogP contribution in [0.3, 0.4) is 0 Å². The van der Waals surface area contributed by atoms with Gasteiger partial charge in [0, 0.05) is 12.1 Å². The minimum atomic E-state index is -3.34. The number of anilines is 1. The first-order valence-electron chi connectivity index (χ1n) is 8.79. The van der Waals surface area contributed by atoms with Crippen molar-refractivity contribution in [1.82, 2.24) is 5.32 Å². The Labute approximate surface area is 161 Å². The van der Waals surface area contributed by atoms with Crippen LogP contribution < -0.4 is 14.4 Å². The molecule has 0 saturated carbocycles. The molecular formula is C20H26N2O4S. The average molecular weight is 391 g/mol. The number of benzene rings is 2. The number of nitrogens with one attached hydrogen (secondary N) is 1. The minimum Gasteiger partial charge on any atom is -0.491 e. The van der Waals surface area contributed by atoms with Gasteiger partial charge in [-0.3, -0.25) is 9.10 Å². The number of nitrogens with zero attached hydrogens (tertiary/aromatic N) is 1. The molecule has 0 aliphatic rings. The summed E-state index contributed by atoms with van der Waals surface area (Å²) in [6.45, 7) is 6.28. The Balaban J connectivity index is 1.96. The second-order valence-corrected chi connectivity index (χ2v) is 8.33. The number of rotatable bonds is 8. The number of hydrogen-bond donors (Lipinski definition) is 1. The summed E-state index contributed by atoms with van der Waals surface area (Å²) < 4.78 is 30.6. The quantitative estimate of drug-likeness (QED) is 0.752. The van der Waals surface area contributed by atoms with Gasteiger partial charge >= 0.3 is 0 Å². The lowest BCUT2D eigenvalue weighted by molar-refractivity contribution is 0.0926. The van der Waals surface area contributed by atoms with Crippen molar-refractivity contribution >= 4 is 21.6 Å². The molecule has 2 aromatic carbocycles. The topological polar surface area (TPSA) is 75.7 Å². The molecule has 0 radical (unpaired) electrons. The van der Waals surface area contributed by atoms with E-state index >= 15 is 0 Å². The van der Waals surface area contributed by atoms with E-state index in [1.807, 2.05) is 38.1 Å². The van der Waals surface area contributed by atoms with E-state index < -0.39 is 10.0 Å². The van der Waals surface area contributed by atoms with E-state index in [1.165, 1.54) is 4.31 Å². The zero-order valence-corrected chi connectivity index (χ0v) is 16.9. The third kappa shape index (κ3) is 5.72. The summed E-state index contributed by atoms with van der Waals surface area (Å²) in [5.74, 6) is 0.563. The molecule has 1 N–H and O–H groups in total. The Morgan fingerprint density at radius 1 is 1.15 bits per heavy atom. The van der Waals surface area contributed by atoms with Crippen molar-refractivity contribution < 1.29 is 17.9 Å². The van der Waals surface area contributed by atoms with Gasteiger partial charge in [-0.1, -0.05) is 18.2 Å². The van der Waals surface area contributed by atoms with Gasteiger partial charge in [-0.05, 0) is 56.7 Å². The molecule has 27 heavy (non-hydrogen) atoms. The van der Waals surface area contributed by atoms with E-state index in [0.717, 1.165) is 17.6 Å². The standard InChI is InChI=1S/C20H26N2O4S/c1-5-22(27(4,24)25)18-12-10-17(11-13-18)20(23)21-16(3)14-26-19-9-7-6-8-15(19)2/h6-13,16H,5,14H2,1-4H3,(H,21,23)/t16-/m0/s1. The van der Waals surface area contributed by atoms with E-state index in [2.05, 4.69) is 5.32 Å². The Morgan fingerprint density at radius 2 is 1.78 bits per heavy atom. The fraction of sp³-hybridized carbons (Fsp3) is 0.350. The number of carbonyl (C=O) groups excluding carboxylic acids is 1. The van der Waals surface area contributed by atoms with Gasteiger partial charge in [0.15, 0.2) is 0 Å². The van der Waals surface area contributed by atoms with Gasteiger partial charge in [-0.25, -0.2) is 8.42 Å². The highest BCUT2D eigenvalue weighted by Crippen LogP contribution is 2.18. The molecule has 0 heterocycles. The molecule has 6 nitrogen and oxygen atoms in total. The molecule has 0 fully saturated rings. The van der Waals surface area contributed by atoms with Crippen LogP contribution in [0.15, 0.2) is 48.5 Å². The Hall–Kier alpha value is -2.54. The van der Waals surface area contributed by atoms with Crippen molar-refractivity contribution in [2.75, 3.05) is 23.7 Å².